The van der Waals surface area contributed by atoms with Crippen molar-refractivity contribution in [2.45, 2.75) is 353 Å². The Morgan fingerprint density at radius 2 is 0.676 bits per heavy atom. The molecule has 0 radical (unpaired) electrons. The van der Waals surface area contributed by atoms with Gasteiger partial charge in [0.05, 0.1) is 25.4 Å². The maximum absolute atomic E-state index is 12.5. The topological polar surface area (TPSA) is 95.9 Å². The second kappa shape index (κ2) is 60.6. The first-order valence-corrected chi connectivity index (χ1v) is 31.8. The number of nitrogens with one attached hydrogen (secondary N) is 1. The first-order chi connectivity index (χ1) is 35.0. The molecule has 0 saturated carbocycles. The molecule has 0 aliphatic heterocycles. The number of unbranched alkanes of at least 4 members (excludes halogenated alkanes) is 44. The minimum Gasteiger partial charge on any atom is -0.466 e. The SMILES string of the molecule is CCCC/C=C\CCCCCCCC(=O)OCCCCCCCCCCC/C=C\CCCCCCCCCC(=O)NC(CO)C(O)/C=C/CCCCCCCCCCCCCCCCCCCCCCC. The summed E-state index contributed by atoms with van der Waals surface area (Å²) in [5.41, 5.74) is 0. The number of allylic oxidation sites excluding steroid dienone is 5. The summed E-state index contributed by atoms with van der Waals surface area (Å²) < 4.78 is 5.45. The van der Waals surface area contributed by atoms with Crippen LogP contribution in [0.4, 0.5) is 0 Å². The van der Waals surface area contributed by atoms with Gasteiger partial charge in [0, 0.05) is 12.8 Å². The Hall–Kier alpha value is -1.92. The van der Waals surface area contributed by atoms with Gasteiger partial charge in [0.25, 0.3) is 0 Å². The zero-order chi connectivity index (χ0) is 51.4. The normalized spacial score (nSPS) is 12.8. The van der Waals surface area contributed by atoms with Crippen molar-refractivity contribution in [3.63, 3.8) is 0 Å². The molecule has 0 bridgehead atoms. The second-order valence-electron chi connectivity index (χ2n) is 21.7. The third-order valence-corrected chi connectivity index (χ3v) is 14.6. The van der Waals surface area contributed by atoms with Gasteiger partial charge in [-0.1, -0.05) is 288 Å². The molecule has 0 fully saturated rings. The van der Waals surface area contributed by atoms with Crippen LogP contribution >= 0.6 is 0 Å². The molecule has 418 valence electrons. The summed E-state index contributed by atoms with van der Waals surface area (Å²) in [6.45, 7) is 4.87. The molecule has 2 atom stereocenters. The van der Waals surface area contributed by atoms with Crippen LogP contribution in [0.1, 0.15) is 341 Å². The fourth-order valence-corrected chi connectivity index (χ4v) is 9.73. The van der Waals surface area contributed by atoms with E-state index in [2.05, 4.69) is 43.5 Å². The smallest absolute Gasteiger partial charge is 0.305 e. The largest absolute Gasteiger partial charge is 0.466 e. The Labute approximate surface area is 443 Å². The van der Waals surface area contributed by atoms with E-state index < -0.39 is 12.1 Å². The van der Waals surface area contributed by atoms with E-state index in [0.717, 1.165) is 51.4 Å². The average molecular weight is 999 g/mol. The van der Waals surface area contributed by atoms with Gasteiger partial charge in [0.2, 0.25) is 5.91 Å². The van der Waals surface area contributed by atoms with Crippen molar-refractivity contribution in [1.82, 2.24) is 5.32 Å². The molecule has 0 aliphatic carbocycles. The molecular formula is C65H123NO5. The van der Waals surface area contributed by atoms with Crippen LogP contribution in [0.3, 0.4) is 0 Å². The van der Waals surface area contributed by atoms with Gasteiger partial charge in [-0.05, 0) is 77.0 Å². The van der Waals surface area contributed by atoms with E-state index in [1.54, 1.807) is 6.08 Å². The summed E-state index contributed by atoms with van der Waals surface area (Å²) in [6, 6.07) is -0.636. The van der Waals surface area contributed by atoms with E-state index >= 15 is 0 Å². The molecule has 0 aromatic rings. The molecule has 0 aromatic carbocycles. The van der Waals surface area contributed by atoms with E-state index in [4.69, 9.17) is 4.74 Å². The highest BCUT2D eigenvalue weighted by Gasteiger charge is 2.18. The fourth-order valence-electron chi connectivity index (χ4n) is 9.73. The predicted octanol–water partition coefficient (Wildman–Crippen LogP) is 20.0. The van der Waals surface area contributed by atoms with Crippen molar-refractivity contribution >= 4 is 11.9 Å². The lowest BCUT2D eigenvalue weighted by Gasteiger charge is -2.20. The minimum atomic E-state index is -0.852. The average Bonchev–Trinajstić information content (AvgIpc) is 3.37. The van der Waals surface area contributed by atoms with Crippen molar-refractivity contribution in [3.05, 3.63) is 36.5 Å². The van der Waals surface area contributed by atoms with Gasteiger partial charge >= 0.3 is 5.97 Å². The first kappa shape index (κ1) is 69.1. The molecule has 3 N–H and O–H groups in total. The van der Waals surface area contributed by atoms with Crippen molar-refractivity contribution in [3.8, 4) is 0 Å². The maximum Gasteiger partial charge on any atom is 0.305 e. The van der Waals surface area contributed by atoms with Crippen LogP contribution in [-0.2, 0) is 14.3 Å². The Morgan fingerprint density at radius 1 is 0.380 bits per heavy atom. The van der Waals surface area contributed by atoms with E-state index in [0.29, 0.717) is 19.4 Å². The molecule has 6 nitrogen and oxygen atoms in total. The molecule has 71 heavy (non-hydrogen) atoms. The summed E-state index contributed by atoms with van der Waals surface area (Å²) in [7, 11) is 0. The van der Waals surface area contributed by atoms with Crippen molar-refractivity contribution < 1.29 is 24.5 Å². The van der Waals surface area contributed by atoms with Crippen LogP contribution in [0, 0.1) is 0 Å². The summed E-state index contributed by atoms with van der Waals surface area (Å²) in [4.78, 5) is 24.5. The number of amides is 1. The van der Waals surface area contributed by atoms with E-state index in [1.807, 2.05) is 6.08 Å². The number of rotatable bonds is 59. The Kier molecular flexibility index (Phi) is 59.0. The number of hydrogen-bond acceptors (Lipinski definition) is 5. The Bertz CT molecular complexity index is 1150. The van der Waals surface area contributed by atoms with Crippen LogP contribution in [-0.4, -0.2) is 47.4 Å². The molecule has 0 spiro atoms. The monoisotopic (exact) mass is 998 g/mol. The summed E-state index contributed by atoms with van der Waals surface area (Å²) in [5, 5.41) is 23.2. The molecular weight excluding hydrogens is 875 g/mol. The lowest BCUT2D eigenvalue weighted by Crippen LogP contribution is -2.45. The molecule has 0 rings (SSSR count). The number of aliphatic hydroxyl groups excluding tert-OH is 2. The summed E-state index contributed by atoms with van der Waals surface area (Å²) in [5.74, 6) is -0.0793. The van der Waals surface area contributed by atoms with Gasteiger partial charge in [-0.25, -0.2) is 0 Å². The lowest BCUT2D eigenvalue weighted by atomic mass is 10.0. The second-order valence-corrected chi connectivity index (χ2v) is 21.7. The molecule has 0 saturated heterocycles. The zero-order valence-electron chi connectivity index (χ0n) is 47.7. The zero-order valence-corrected chi connectivity index (χ0v) is 47.7. The minimum absolute atomic E-state index is 0.00541. The van der Waals surface area contributed by atoms with Gasteiger partial charge in [-0.15, -0.1) is 0 Å². The number of carbonyl (C=O) groups excluding carboxylic acids is 2. The van der Waals surface area contributed by atoms with E-state index in [1.165, 1.54) is 263 Å². The van der Waals surface area contributed by atoms with Crippen LogP contribution in [0.2, 0.25) is 0 Å². The summed E-state index contributed by atoms with van der Waals surface area (Å²) >= 11 is 0. The lowest BCUT2D eigenvalue weighted by molar-refractivity contribution is -0.143. The van der Waals surface area contributed by atoms with Crippen molar-refractivity contribution in [1.29, 1.82) is 0 Å². The Balaban J connectivity index is 3.47. The Morgan fingerprint density at radius 3 is 1.04 bits per heavy atom. The van der Waals surface area contributed by atoms with E-state index in [9.17, 15) is 19.8 Å². The van der Waals surface area contributed by atoms with Gasteiger partial charge < -0.3 is 20.3 Å². The van der Waals surface area contributed by atoms with Gasteiger partial charge in [0.1, 0.15) is 0 Å². The van der Waals surface area contributed by atoms with Gasteiger partial charge in [-0.3, -0.25) is 9.59 Å². The third-order valence-electron chi connectivity index (χ3n) is 14.6. The van der Waals surface area contributed by atoms with Crippen LogP contribution in [0.25, 0.3) is 0 Å². The highest BCUT2D eigenvalue weighted by atomic mass is 16.5. The number of hydrogen-bond donors (Lipinski definition) is 3. The number of carbonyl (C=O) groups is 2. The maximum atomic E-state index is 12.5. The molecule has 0 aromatic heterocycles. The molecule has 0 aliphatic rings. The highest BCUT2D eigenvalue weighted by Crippen LogP contribution is 2.17. The van der Waals surface area contributed by atoms with Crippen LogP contribution in [0.5, 0.6) is 0 Å². The standard InChI is InChI=1S/C65H123NO5/c1-3-5-7-9-11-13-15-16-17-18-19-20-21-22-25-28-31-34-38-41-45-49-53-57-63(68)62(61-67)66-64(69)58-54-50-46-42-39-35-32-29-26-23-24-27-30-33-36-40-44-48-52-56-60-71-65(70)59-55-51-47-43-37-14-12-10-8-6-4-2/h10,12,23,26,53,57,62-63,67-68H,3-9,11,13-22,24-25,27-52,54-56,58-61H2,1-2H3,(H,66,69)/b12-10-,26-23-,57-53+. The fraction of sp³-hybridized carbons (Fsp3) is 0.877. The summed E-state index contributed by atoms with van der Waals surface area (Å²) in [6.07, 6.45) is 76.2. The first-order valence-electron chi connectivity index (χ1n) is 31.8. The predicted molar refractivity (Wildman–Crippen MR) is 310 cm³/mol. The molecule has 1 amide bonds. The highest BCUT2D eigenvalue weighted by molar-refractivity contribution is 5.76. The molecule has 6 heteroatoms. The van der Waals surface area contributed by atoms with Crippen LogP contribution in [0.15, 0.2) is 36.5 Å². The van der Waals surface area contributed by atoms with Crippen molar-refractivity contribution in [2.24, 2.45) is 0 Å². The van der Waals surface area contributed by atoms with Crippen molar-refractivity contribution in [2.75, 3.05) is 13.2 Å². The number of aliphatic hydroxyl groups is 2. The quantitative estimate of drug-likeness (QED) is 0.0321. The van der Waals surface area contributed by atoms with E-state index in [-0.39, 0.29) is 18.5 Å². The van der Waals surface area contributed by atoms with Gasteiger partial charge in [-0.2, -0.15) is 0 Å². The third kappa shape index (κ3) is 57.2. The number of esters is 1. The van der Waals surface area contributed by atoms with Gasteiger partial charge in [0.15, 0.2) is 0 Å². The molecule has 2 unspecified atom stereocenters. The molecule has 0 heterocycles. The number of ether oxygens (including phenoxy) is 1. The van der Waals surface area contributed by atoms with Crippen LogP contribution < -0.4 is 5.32 Å².